The number of halogens is 2. The number of nitrogens with one attached hydrogen (secondary N) is 1. The summed E-state index contributed by atoms with van der Waals surface area (Å²) < 4.78 is 4.52. The minimum atomic E-state index is -0.109. The van der Waals surface area contributed by atoms with Gasteiger partial charge in [-0.15, -0.1) is 0 Å². The Labute approximate surface area is 196 Å². The van der Waals surface area contributed by atoms with Crippen LogP contribution in [0, 0.1) is 6.92 Å². The average molecular weight is 476 g/mol. The van der Waals surface area contributed by atoms with Crippen LogP contribution in [0.2, 0.25) is 10.0 Å². The van der Waals surface area contributed by atoms with Gasteiger partial charge in [0.25, 0.3) is 0 Å². The Balaban J connectivity index is 1.34. The van der Waals surface area contributed by atoms with E-state index in [1.807, 2.05) is 48.2 Å². The molecule has 162 valence electrons. The largest absolute Gasteiger partial charge is 0.345 e. The van der Waals surface area contributed by atoms with Gasteiger partial charge in [0.2, 0.25) is 5.13 Å². The summed E-state index contributed by atoms with van der Waals surface area (Å²) in [7, 11) is 0. The van der Waals surface area contributed by atoms with E-state index in [-0.39, 0.29) is 6.03 Å². The van der Waals surface area contributed by atoms with E-state index in [0.29, 0.717) is 30.2 Å². The smallest absolute Gasteiger partial charge is 0.321 e. The molecule has 1 saturated heterocycles. The van der Waals surface area contributed by atoms with E-state index in [1.165, 1.54) is 11.5 Å². The highest BCUT2D eigenvalue weighted by Crippen LogP contribution is 2.23. The Kier molecular flexibility index (Phi) is 6.95. The maximum atomic E-state index is 12.7. The number of amides is 2. The lowest BCUT2D eigenvalue weighted by Gasteiger charge is -2.22. The Bertz CT molecular complexity index is 1060. The summed E-state index contributed by atoms with van der Waals surface area (Å²) in [5.74, 6) is 0.803. The Morgan fingerprint density at radius 1 is 1.10 bits per heavy atom. The topological polar surface area (TPSA) is 61.4 Å². The highest BCUT2D eigenvalue weighted by molar-refractivity contribution is 7.09. The third kappa shape index (κ3) is 5.67. The molecule has 0 spiro atoms. The van der Waals surface area contributed by atoms with Crippen LogP contribution in [0.25, 0.3) is 0 Å². The molecule has 0 unspecified atom stereocenters. The number of urea groups is 1. The molecule has 0 atom stereocenters. The fourth-order valence-corrected chi connectivity index (χ4v) is 4.46. The average Bonchev–Trinajstić information content (AvgIpc) is 3.07. The molecule has 1 aliphatic heterocycles. The van der Waals surface area contributed by atoms with E-state index < -0.39 is 0 Å². The van der Waals surface area contributed by atoms with Gasteiger partial charge >= 0.3 is 6.03 Å². The number of benzene rings is 2. The van der Waals surface area contributed by atoms with Crippen molar-refractivity contribution >= 4 is 51.6 Å². The van der Waals surface area contributed by atoms with Crippen LogP contribution >= 0.6 is 34.7 Å². The van der Waals surface area contributed by atoms with Gasteiger partial charge in [0, 0.05) is 59.9 Å². The first-order chi connectivity index (χ1) is 15.0. The van der Waals surface area contributed by atoms with Crippen LogP contribution in [0.3, 0.4) is 0 Å². The van der Waals surface area contributed by atoms with Crippen molar-refractivity contribution in [1.82, 2.24) is 14.3 Å². The maximum absolute atomic E-state index is 12.7. The third-order valence-corrected chi connectivity index (χ3v) is 6.68. The molecule has 1 aliphatic rings. The van der Waals surface area contributed by atoms with Crippen molar-refractivity contribution in [2.75, 3.05) is 36.4 Å². The van der Waals surface area contributed by atoms with Crippen LogP contribution in [0.1, 0.15) is 23.4 Å². The van der Waals surface area contributed by atoms with Crippen molar-refractivity contribution in [2.45, 2.75) is 19.8 Å². The number of nitrogens with zero attached hydrogens (tertiary/aromatic N) is 4. The number of hydrogen-bond donors (Lipinski definition) is 1. The second-order valence-electron chi connectivity index (χ2n) is 7.52. The van der Waals surface area contributed by atoms with E-state index in [1.54, 1.807) is 6.07 Å². The normalized spacial score (nSPS) is 14.4. The Morgan fingerprint density at radius 2 is 1.90 bits per heavy atom. The summed E-state index contributed by atoms with van der Waals surface area (Å²) in [6.07, 6.45) is 1.54. The second-order valence-corrected chi connectivity index (χ2v) is 9.09. The predicted molar refractivity (Wildman–Crippen MR) is 128 cm³/mol. The first-order valence-electron chi connectivity index (χ1n) is 10.1. The molecule has 4 rings (SSSR count). The summed E-state index contributed by atoms with van der Waals surface area (Å²) in [6, 6.07) is 13.2. The molecule has 9 heteroatoms. The highest BCUT2D eigenvalue weighted by Gasteiger charge is 2.21. The van der Waals surface area contributed by atoms with Gasteiger partial charge in [0.05, 0.1) is 0 Å². The van der Waals surface area contributed by atoms with E-state index in [2.05, 4.69) is 14.6 Å². The van der Waals surface area contributed by atoms with Crippen molar-refractivity contribution < 1.29 is 4.79 Å². The van der Waals surface area contributed by atoms with Gasteiger partial charge in [-0.25, -0.2) is 9.78 Å². The lowest BCUT2D eigenvalue weighted by Crippen LogP contribution is -2.38. The molecule has 1 N–H and O–H groups in total. The zero-order valence-corrected chi connectivity index (χ0v) is 19.5. The standard InChI is InChI=1S/C22H23Cl2N5OS/c1-15-3-8-18(14-19(15)24)25-21(30)28-9-2-10-29(12-11-28)22-26-20(27-31-22)13-16-4-6-17(23)7-5-16/h3-8,14H,2,9-13H2,1H3,(H,25,30). The second kappa shape index (κ2) is 9.85. The Hall–Kier alpha value is -2.35. The third-order valence-electron chi connectivity index (χ3n) is 5.21. The molecular formula is C22H23Cl2N5OS. The summed E-state index contributed by atoms with van der Waals surface area (Å²) >= 11 is 13.5. The molecule has 31 heavy (non-hydrogen) atoms. The summed E-state index contributed by atoms with van der Waals surface area (Å²) in [5, 5.41) is 5.21. The molecule has 2 heterocycles. The van der Waals surface area contributed by atoms with E-state index in [0.717, 1.165) is 46.6 Å². The summed E-state index contributed by atoms with van der Waals surface area (Å²) in [5.41, 5.74) is 2.82. The number of rotatable bonds is 4. The van der Waals surface area contributed by atoms with Gasteiger partial charge in [-0.05, 0) is 48.7 Å². The fraction of sp³-hybridized carbons (Fsp3) is 0.318. The predicted octanol–water partition coefficient (Wildman–Crippen LogP) is 5.49. The molecule has 1 fully saturated rings. The molecule has 2 amide bonds. The first kappa shape index (κ1) is 21.9. The van der Waals surface area contributed by atoms with Crippen LogP contribution in [-0.4, -0.2) is 46.5 Å². The molecule has 1 aromatic heterocycles. The van der Waals surface area contributed by atoms with Crippen molar-refractivity contribution in [3.05, 3.63) is 69.5 Å². The zero-order chi connectivity index (χ0) is 21.8. The summed E-state index contributed by atoms with van der Waals surface area (Å²) in [4.78, 5) is 21.5. The molecule has 6 nitrogen and oxygen atoms in total. The Morgan fingerprint density at radius 3 is 2.68 bits per heavy atom. The molecule has 0 bridgehead atoms. The minimum Gasteiger partial charge on any atom is -0.345 e. The monoisotopic (exact) mass is 475 g/mol. The van der Waals surface area contributed by atoms with Gasteiger partial charge in [-0.3, -0.25) is 0 Å². The lowest BCUT2D eigenvalue weighted by atomic mass is 10.1. The van der Waals surface area contributed by atoms with Crippen LogP contribution in [0.5, 0.6) is 0 Å². The molecule has 0 radical (unpaired) electrons. The van der Waals surface area contributed by atoms with Crippen LogP contribution in [0.4, 0.5) is 15.6 Å². The van der Waals surface area contributed by atoms with Crippen molar-refractivity contribution in [3.63, 3.8) is 0 Å². The van der Waals surface area contributed by atoms with Crippen molar-refractivity contribution in [1.29, 1.82) is 0 Å². The van der Waals surface area contributed by atoms with Gasteiger partial charge in [0.1, 0.15) is 5.82 Å². The fourth-order valence-electron chi connectivity index (χ4n) is 3.41. The molecule has 0 aliphatic carbocycles. The number of aromatic nitrogens is 2. The van der Waals surface area contributed by atoms with Gasteiger partial charge in [0.15, 0.2) is 0 Å². The van der Waals surface area contributed by atoms with Crippen LogP contribution in [0.15, 0.2) is 42.5 Å². The van der Waals surface area contributed by atoms with Gasteiger partial charge in [-0.2, -0.15) is 4.37 Å². The van der Waals surface area contributed by atoms with Gasteiger partial charge < -0.3 is 15.1 Å². The van der Waals surface area contributed by atoms with Crippen molar-refractivity contribution in [2.24, 2.45) is 0 Å². The minimum absolute atomic E-state index is 0.109. The summed E-state index contributed by atoms with van der Waals surface area (Å²) in [6.45, 7) is 4.81. The zero-order valence-electron chi connectivity index (χ0n) is 17.1. The lowest BCUT2D eigenvalue weighted by molar-refractivity contribution is 0.215. The molecule has 0 saturated carbocycles. The number of anilines is 2. The SMILES string of the molecule is Cc1ccc(NC(=O)N2CCCN(c3nc(Cc4ccc(Cl)cc4)ns3)CC2)cc1Cl. The number of aryl methyl sites for hydroxylation is 1. The molecule has 3 aromatic rings. The van der Waals surface area contributed by atoms with Crippen LogP contribution in [-0.2, 0) is 6.42 Å². The number of carbonyl (C=O) groups excluding carboxylic acids is 1. The maximum Gasteiger partial charge on any atom is 0.321 e. The quantitative estimate of drug-likeness (QED) is 0.541. The van der Waals surface area contributed by atoms with Crippen molar-refractivity contribution in [3.8, 4) is 0 Å². The number of carbonyl (C=O) groups is 1. The molecule has 2 aromatic carbocycles. The first-order valence-corrected chi connectivity index (χ1v) is 11.6. The van der Waals surface area contributed by atoms with Crippen LogP contribution < -0.4 is 10.2 Å². The highest BCUT2D eigenvalue weighted by atomic mass is 35.5. The molecular weight excluding hydrogens is 453 g/mol. The van der Waals surface area contributed by atoms with E-state index >= 15 is 0 Å². The van der Waals surface area contributed by atoms with E-state index in [4.69, 9.17) is 28.2 Å². The van der Waals surface area contributed by atoms with Gasteiger partial charge in [-0.1, -0.05) is 41.4 Å². The number of hydrogen-bond acceptors (Lipinski definition) is 5. The van der Waals surface area contributed by atoms with E-state index in [9.17, 15) is 4.79 Å².